The summed E-state index contributed by atoms with van der Waals surface area (Å²) in [4.78, 5) is 22.4. The third kappa shape index (κ3) is 4.56. The number of benzene rings is 1. The molecule has 17 heavy (non-hydrogen) atoms. The molecular weight excluding hydrogens is 286 g/mol. The minimum absolute atomic E-state index is 0.150. The van der Waals surface area contributed by atoms with E-state index in [-0.39, 0.29) is 18.3 Å². The predicted molar refractivity (Wildman–Crippen MR) is 68.8 cm³/mol. The molecule has 1 amide bonds. The fraction of sp³-hybridized carbons (Fsp3) is 0.333. The normalized spacial score (nSPS) is 9.82. The maximum atomic E-state index is 11.4. The summed E-state index contributed by atoms with van der Waals surface area (Å²) in [6.07, 6.45) is 0.150. The van der Waals surface area contributed by atoms with Gasteiger partial charge in [0.2, 0.25) is 5.91 Å². The van der Waals surface area contributed by atoms with Gasteiger partial charge in [0.1, 0.15) is 0 Å². The summed E-state index contributed by atoms with van der Waals surface area (Å²) in [6.45, 7) is 3.54. The van der Waals surface area contributed by atoms with Gasteiger partial charge in [-0.15, -0.1) is 0 Å². The van der Waals surface area contributed by atoms with Gasteiger partial charge in [0.05, 0.1) is 13.0 Å². The Balaban J connectivity index is 2.89. The molecule has 0 saturated carbocycles. The highest BCUT2D eigenvalue weighted by Gasteiger charge is 2.10. The second-order valence-corrected chi connectivity index (χ2v) is 4.38. The first-order chi connectivity index (χ1) is 8.02. The number of hydrogen-bond donors (Lipinski definition) is 1. The van der Waals surface area contributed by atoms with E-state index in [4.69, 9.17) is 4.74 Å². The SMILES string of the molecule is CCOC(=O)Cc1ccc(Br)cc1NC(C)=O. The van der Waals surface area contributed by atoms with Crippen molar-refractivity contribution in [1.82, 2.24) is 0 Å². The van der Waals surface area contributed by atoms with Crippen molar-refractivity contribution in [2.24, 2.45) is 0 Å². The van der Waals surface area contributed by atoms with Crippen LogP contribution in [-0.2, 0) is 20.7 Å². The standard InChI is InChI=1S/C12H14BrNO3/c1-3-17-12(16)6-9-4-5-10(13)7-11(9)14-8(2)15/h4-5,7H,3,6H2,1-2H3,(H,14,15). The van der Waals surface area contributed by atoms with E-state index in [1.54, 1.807) is 19.1 Å². The monoisotopic (exact) mass is 299 g/mol. The molecule has 0 aliphatic rings. The average Bonchev–Trinajstić information content (AvgIpc) is 2.21. The van der Waals surface area contributed by atoms with E-state index in [0.29, 0.717) is 12.3 Å². The van der Waals surface area contributed by atoms with Crippen LogP contribution in [0.4, 0.5) is 5.69 Å². The number of nitrogens with one attached hydrogen (secondary N) is 1. The Morgan fingerprint density at radius 1 is 1.41 bits per heavy atom. The Kier molecular flexibility index (Phi) is 5.15. The lowest BCUT2D eigenvalue weighted by atomic mass is 10.1. The zero-order valence-electron chi connectivity index (χ0n) is 9.75. The quantitative estimate of drug-likeness (QED) is 0.869. The highest BCUT2D eigenvalue weighted by molar-refractivity contribution is 9.10. The molecule has 1 aromatic carbocycles. The molecule has 1 aromatic rings. The smallest absolute Gasteiger partial charge is 0.310 e. The first kappa shape index (κ1) is 13.7. The first-order valence-electron chi connectivity index (χ1n) is 5.24. The lowest BCUT2D eigenvalue weighted by Gasteiger charge is -2.10. The average molecular weight is 300 g/mol. The number of ether oxygens (including phenoxy) is 1. The van der Waals surface area contributed by atoms with Crippen LogP contribution < -0.4 is 5.32 Å². The first-order valence-corrected chi connectivity index (χ1v) is 6.04. The Morgan fingerprint density at radius 3 is 2.71 bits per heavy atom. The molecule has 0 unspecified atom stereocenters. The molecule has 5 heteroatoms. The van der Waals surface area contributed by atoms with Crippen molar-refractivity contribution in [3.63, 3.8) is 0 Å². The van der Waals surface area contributed by atoms with E-state index in [9.17, 15) is 9.59 Å². The van der Waals surface area contributed by atoms with Crippen LogP contribution >= 0.6 is 15.9 Å². The zero-order chi connectivity index (χ0) is 12.8. The van der Waals surface area contributed by atoms with Gasteiger partial charge in [-0.25, -0.2) is 0 Å². The fourth-order valence-corrected chi connectivity index (χ4v) is 1.74. The second-order valence-electron chi connectivity index (χ2n) is 3.46. The van der Waals surface area contributed by atoms with Crippen molar-refractivity contribution in [2.75, 3.05) is 11.9 Å². The Hall–Kier alpha value is -1.36. The molecule has 0 spiro atoms. The fourth-order valence-electron chi connectivity index (χ4n) is 1.38. The molecule has 0 radical (unpaired) electrons. The van der Waals surface area contributed by atoms with Gasteiger partial charge in [0.25, 0.3) is 0 Å². The Labute approximate surface area is 108 Å². The molecule has 0 fully saturated rings. The lowest BCUT2D eigenvalue weighted by molar-refractivity contribution is -0.142. The zero-order valence-corrected chi connectivity index (χ0v) is 11.3. The van der Waals surface area contributed by atoms with Crippen LogP contribution in [0.5, 0.6) is 0 Å². The van der Waals surface area contributed by atoms with Gasteiger partial charge in [0, 0.05) is 17.1 Å². The van der Waals surface area contributed by atoms with Crippen molar-refractivity contribution >= 4 is 33.5 Å². The third-order valence-electron chi connectivity index (χ3n) is 2.02. The van der Waals surface area contributed by atoms with E-state index in [2.05, 4.69) is 21.2 Å². The van der Waals surface area contributed by atoms with Gasteiger partial charge in [-0.05, 0) is 24.6 Å². The van der Waals surface area contributed by atoms with E-state index >= 15 is 0 Å². The van der Waals surface area contributed by atoms with Gasteiger partial charge in [-0.1, -0.05) is 22.0 Å². The minimum atomic E-state index is -0.304. The van der Waals surface area contributed by atoms with Gasteiger partial charge in [-0.3, -0.25) is 9.59 Å². The number of amides is 1. The number of carbonyl (C=O) groups excluding carboxylic acids is 2. The summed E-state index contributed by atoms with van der Waals surface area (Å²) in [5.74, 6) is -0.477. The van der Waals surface area contributed by atoms with Crippen molar-refractivity contribution in [3.05, 3.63) is 28.2 Å². The molecule has 0 aromatic heterocycles. The molecule has 0 saturated heterocycles. The molecule has 92 valence electrons. The number of anilines is 1. The maximum absolute atomic E-state index is 11.4. The summed E-state index contributed by atoms with van der Waals surface area (Å²) in [6, 6.07) is 5.36. The van der Waals surface area contributed by atoms with Crippen molar-refractivity contribution < 1.29 is 14.3 Å². The van der Waals surface area contributed by atoms with Gasteiger partial charge < -0.3 is 10.1 Å². The number of esters is 1. The van der Waals surface area contributed by atoms with Crippen LogP contribution in [-0.4, -0.2) is 18.5 Å². The van der Waals surface area contributed by atoms with Crippen LogP contribution in [0.25, 0.3) is 0 Å². The highest BCUT2D eigenvalue weighted by atomic mass is 79.9. The molecule has 1 N–H and O–H groups in total. The van der Waals surface area contributed by atoms with E-state index in [0.717, 1.165) is 10.0 Å². The summed E-state index contributed by atoms with van der Waals surface area (Å²) in [7, 11) is 0. The molecule has 0 heterocycles. The van der Waals surface area contributed by atoms with Gasteiger partial charge >= 0.3 is 5.97 Å². The lowest BCUT2D eigenvalue weighted by Crippen LogP contribution is -2.12. The molecule has 0 aliphatic carbocycles. The summed E-state index contributed by atoms with van der Waals surface area (Å²) >= 11 is 3.32. The van der Waals surface area contributed by atoms with E-state index in [1.807, 2.05) is 6.07 Å². The summed E-state index contributed by atoms with van der Waals surface area (Å²) < 4.78 is 5.71. The van der Waals surface area contributed by atoms with Crippen LogP contribution in [0.1, 0.15) is 19.4 Å². The Morgan fingerprint density at radius 2 is 2.12 bits per heavy atom. The molecule has 1 rings (SSSR count). The number of hydrogen-bond acceptors (Lipinski definition) is 3. The van der Waals surface area contributed by atoms with Crippen LogP contribution in [0.2, 0.25) is 0 Å². The topological polar surface area (TPSA) is 55.4 Å². The van der Waals surface area contributed by atoms with Crippen molar-refractivity contribution in [2.45, 2.75) is 20.3 Å². The summed E-state index contributed by atoms with van der Waals surface area (Å²) in [5, 5.41) is 2.68. The number of rotatable bonds is 4. The molecule has 0 bridgehead atoms. The molecule has 4 nitrogen and oxygen atoms in total. The Bertz CT molecular complexity index is 432. The van der Waals surface area contributed by atoms with Crippen LogP contribution in [0.3, 0.4) is 0 Å². The van der Waals surface area contributed by atoms with Gasteiger partial charge in [-0.2, -0.15) is 0 Å². The van der Waals surface area contributed by atoms with Crippen LogP contribution in [0.15, 0.2) is 22.7 Å². The molecule has 0 atom stereocenters. The minimum Gasteiger partial charge on any atom is -0.466 e. The molecular formula is C12H14BrNO3. The maximum Gasteiger partial charge on any atom is 0.310 e. The van der Waals surface area contributed by atoms with Gasteiger partial charge in [0.15, 0.2) is 0 Å². The van der Waals surface area contributed by atoms with Crippen LogP contribution in [0, 0.1) is 0 Å². The van der Waals surface area contributed by atoms with Crippen molar-refractivity contribution in [1.29, 1.82) is 0 Å². The summed E-state index contributed by atoms with van der Waals surface area (Å²) in [5.41, 5.74) is 1.36. The highest BCUT2D eigenvalue weighted by Crippen LogP contribution is 2.22. The number of carbonyl (C=O) groups is 2. The van der Waals surface area contributed by atoms with E-state index in [1.165, 1.54) is 6.92 Å². The van der Waals surface area contributed by atoms with Crippen molar-refractivity contribution in [3.8, 4) is 0 Å². The third-order valence-corrected chi connectivity index (χ3v) is 2.52. The second kappa shape index (κ2) is 6.39. The molecule has 0 aliphatic heterocycles. The predicted octanol–water partition coefficient (Wildman–Crippen LogP) is 2.51. The van der Waals surface area contributed by atoms with E-state index < -0.39 is 0 Å². The number of halogens is 1. The largest absolute Gasteiger partial charge is 0.466 e.